The lowest BCUT2D eigenvalue weighted by molar-refractivity contribution is -0.0637. The first kappa shape index (κ1) is 12.0. The summed E-state index contributed by atoms with van der Waals surface area (Å²) in [5, 5.41) is 9.31. The van der Waals surface area contributed by atoms with Crippen molar-refractivity contribution in [1.29, 1.82) is 0 Å². The number of aliphatic hydroxyl groups is 1. The molecule has 84 valence electrons. The highest BCUT2D eigenvalue weighted by molar-refractivity contribution is 4.96. The molecule has 0 bridgehead atoms. The standard InChI is InChI=1S/C12H25NO/c1-5-12(6-2)8-13(9-12)11(7-14)10(3)4/h10-11,14H,5-9H2,1-4H3. The van der Waals surface area contributed by atoms with Crippen molar-refractivity contribution >= 4 is 0 Å². The molecule has 1 saturated heterocycles. The minimum absolute atomic E-state index is 0.307. The molecule has 0 saturated carbocycles. The third-order valence-electron chi connectivity index (χ3n) is 4.00. The summed E-state index contributed by atoms with van der Waals surface area (Å²) in [5.41, 5.74) is 0.558. The molecular formula is C12H25NO. The molecule has 14 heavy (non-hydrogen) atoms. The molecule has 0 aromatic rings. The lowest BCUT2D eigenvalue weighted by Gasteiger charge is -2.53. The summed E-state index contributed by atoms with van der Waals surface area (Å²) >= 11 is 0. The maximum Gasteiger partial charge on any atom is 0.0589 e. The summed E-state index contributed by atoms with van der Waals surface area (Å²) in [4.78, 5) is 2.44. The van der Waals surface area contributed by atoms with Gasteiger partial charge in [-0.05, 0) is 24.2 Å². The predicted octanol–water partition coefficient (Wildman–Crippen LogP) is 2.13. The number of aliphatic hydroxyl groups excluding tert-OH is 1. The van der Waals surface area contributed by atoms with Crippen molar-refractivity contribution in [2.24, 2.45) is 11.3 Å². The number of nitrogens with zero attached hydrogens (tertiary/aromatic N) is 1. The third kappa shape index (κ3) is 2.12. The van der Waals surface area contributed by atoms with Crippen molar-refractivity contribution in [3.8, 4) is 0 Å². The van der Waals surface area contributed by atoms with E-state index in [1.54, 1.807) is 0 Å². The first-order valence-electron chi connectivity index (χ1n) is 5.93. The number of rotatable bonds is 5. The molecule has 1 atom stereocenters. The quantitative estimate of drug-likeness (QED) is 0.733. The van der Waals surface area contributed by atoms with E-state index in [-0.39, 0.29) is 0 Å². The van der Waals surface area contributed by atoms with E-state index in [1.165, 1.54) is 25.9 Å². The van der Waals surface area contributed by atoms with Crippen molar-refractivity contribution in [3.63, 3.8) is 0 Å². The van der Waals surface area contributed by atoms with Gasteiger partial charge in [0.05, 0.1) is 6.61 Å². The molecule has 0 aromatic heterocycles. The monoisotopic (exact) mass is 199 g/mol. The van der Waals surface area contributed by atoms with Crippen molar-refractivity contribution in [1.82, 2.24) is 4.90 Å². The maximum atomic E-state index is 9.31. The van der Waals surface area contributed by atoms with E-state index in [4.69, 9.17) is 0 Å². The Bertz CT molecular complexity index is 167. The number of hydrogen-bond acceptors (Lipinski definition) is 2. The van der Waals surface area contributed by atoms with Crippen molar-refractivity contribution < 1.29 is 5.11 Å². The molecule has 0 aliphatic carbocycles. The second-order valence-electron chi connectivity index (χ2n) is 5.11. The minimum Gasteiger partial charge on any atom is -0.395 e. The van der Waals surface area contributed by atoms with Crippen LogP contribution < -0.4 is 0 Å². The smallest absolute Gasteiger partial charge is 0.0589 e. The summed E-state index contributed by atoms with van der Waals surface area (Å²) in [6.07, 6.45) is 2.55. The van der Waals surface area contributed by atoms with Gasteiger partial charge >= 0.3 is 0 Å². The average Bonchev–Trinajstić information content (AvgIpc) is 2.10. The summed E-state index contributed by atoms with van der Waals surface area (Å²) in [6, 6.07) is 0.376. The predicted molar refractivity (Wildman–Crippen MR) is 60.3 cm³/mol. The minimum atomic E-state index is 0.307. The van der Waals surface area contributed by atoms with Gasteiger partial charge in [-0.15, -0.1) is 0 Å². The molecule has 0 spiro atoms. The second-order valence-corrected chi connectivity index (χ2v) is 5.11. The topological polar surface area (TPSA) is 23.5 Å². The Morgan fingerprint density at radius 2 is 1.71 bits per heavy atom. The average molecular weight is 199 g/mol. The van der Waals surface area contributed by atoms with E-state index in [0.29, 0.717) is 24.0 Å². The van der Waals surface area contributed by atoms with Crippen LogP contribution in [0, 0.1) is 11.3 Å². The van der Waals surface area contributed by atoms with E-state index in [9.17, 15) is 5.11 Å². The molecular weight excluding hydrogens is 174 g/mol. The first-order valence-corrected chi connectivity index (χ1v) is 5.93. The molecule has 1 aliphatic heterocycles. The van der Waals surface area contributed by atoms with Gasteiger partial charge in [0.25, 0.3) is 0 Å². The van der Waals surface area contributed by atoms with Gasteiger partial charge in [0.2, 0.25) is 0 Å². The molecule has 2 heteroatoms. The van der Waals surface area contributed by atoms with Crippen molar-refractivity contribution in [2.75, 3.05) is 19.7 Å². The zero-order valence-electron chi connectivity index (χ0n) is 10.1. The van der Waals surface area contributed by atoms with Crippen LogP contribution in [0.3, 0.4) is 0 Å². The van der Waals surface area contributed by atoms with Crippen LogP contribution in [-0.4, -0.2) is 35.7 Å². The van der Waals surface area contributed by atoms with Crippen LogP contribution in [0.5, 0.6) is 0 Å². The molecule has 0 radical (unpaired) electrons. The second kappa shape index (κ2) is 4.63. The van der Waals surface area contributed by atoms with Gasteiger partial charge in [-0.25, -0.2) is 0 Å². The van der Waals surface area contributed by atoms with Crippen LogP contribution in [0.2, 0.25) is 0 Å². The Kier molecular flexibility index (Phi) is 3.96. The molecule has 0 aromatic carbocycles. The van der Waals surface area contributed by atoms with Gasteiger partial charge < -0.3 is 5.11 Å². The summed E-state index contributed by atoms with van der Waals surface area (Å²) in [7, 11) is 0. The Morgan fingerprint density at radius 1 is 1.21 bits per heavy atom. The molecule has 0 amide bonds. The molecule has 2 nitrogen and oxygen atoms in total. The van der Waals surface area contributed by atoms with Crippen LogP contribution in [-0.2, 0) is 0 Å². The third-order valence-corrected chi connectivity index (χ3v) is 4.00. The summed E-state index contributed by atoms with van der Waals surface area (Å²) in [6.45, 7) is 11.6. The summed E-state index contributed by atoms with van der Waals surface area (Å²) in [5.74, 6) is 0.562. The lowest BCUT2D eigenvalue weighted by atomic mass is 9.74. The normalized spacial score (nSPS) is 23.6. The zero-order valence-corrected chi connectivity index (χ0v) is 10.1. The largest absolute Gasteiger partial charge is 0.395 e. The van der Waals surface area contributed by atoms with Gasteiger partial charge in [0.15, 0.2) is 0 Å². The Labute approximate surface area is 88.3 Å². The molecule has 1 heterocycles. The number of likely N-dealkylation sites (tertiary alicyclic amines) is 1. The van der Waals surface area contributed by atoms with Gasteiger partial charge in [0.1, 0.15) is 0 Å². The highest BCUT2D eigenvalue weighted by atomic mass is 16.3. The SMILES string of the molecule is CCC1(CC)CN(C(CO)C(C)C)C1. The fourth-order valence-corrected chi connectivity index (χ4v) is 2.49. The molecule has 1 rings (SSSR count). The Balaban J connectivity index is 2.45. The van der Waals surface area contributed by atoms with E-state index >= 15 is 0 Å². The van der Waals surface area contributed by atoms with E-state index in [1.807, 2.05) is 0 Å². The van der Waals surface area contributed by atoms with E-state index in [2.05, 4.69) is 32.6 Å². The molecule has 1 fully saturated rings. The van der Waals surface area contributed by atoms with E-state index in [0.717, 1.165) is 0 Å². The molecule has 1 aliphatic rings. The zero-order chi connectivity index (χ0) is 10.8. The fraction of sp³-hybridized carbons (Fsp3) is 1.00. The van der Waals surface area contributed by atoms with Crippen LogP contribution in [0.15, 0.2) is 0 Å². The summed E-state index contributed by atoms with van der Waals surface area (Å²) < 4.78 is 0. The van der Waals surface area contributed by atoms with Gasteiger partial charge in [-0.3, -0.25) is 4.90 Å². The Hall–Kier alpha value is -0.0800. The maximum absolute atomic E-state index is 9.31. The van der Waals surface area contributed by atoms with Gasteiger partial charge in [-0.1, -0.05) is 27.7 Å². The lowest BCUT2D eigenvalue weighted by Crippen LogP contribution is -2.61. The fourth-order valence-electron chi connectivity index (χ4n) is 2.49. The molecule has 1 unspecified atom stereocenters. The first-order chi connectivity index (χ1) is 6.58. The molecule has 1 N–H and O–H groups in total. The highest BCUT2D eigenvalue weighted by Crippen LogP contribution is 2.39. The van der Waals surface area contributed by atoms with Crippen molar-refractivity contribution in [3.05, 3.63) is 0 Å². The Morgan fingerprint density at radius 3 is 2.00 bits per heavy atom. The van der Waals surface area contributed by atoms with Crippen LogP contribution in [0.1, 0.15) is 40.5 Å². The van der Waals surface area contributed by atoms with E-state index < -0.39 is 0 Å². The van der Waals surface area contributed by atoms with Gasteiger partial charge in [0, 0.05) is 19.1 Å². The van der Waals surface area contributed by atoms with Crippen LogP contribution in [0.25, 0.3) is 0 Å². The van der Waals surface area contributed by atoms with Crippen LogP contribution in [0.4, 0.5) is 0 Å². The number of hydrogen-bond donors (Lipinski definition) is 1. The van der Waals surface area contributed by atoms with Crippen LogP contribution >= 0.6 is 0 Å². The highest BCUT2D eigenvalue weighted by Gasteiger charge is 2.42. The van der Waals surface area contributed by atoms with Gasteiger partial charge in [-0.2, -0.15) is 0 Å². The van der Waals surface area contributed by atoms with Crippen molar-refractivity contribution in [2.45, 2.75) is 46.6 Å².